The van der Waals surface area contributed by atoms with E-state index in [-0.39, 0.29) is 24.5 Å². The summed E-state index contributed by atoms with van der Waals surface area (Å²) in [5.41, 5.74) is 1.88. The smallest absolute Gasteiger partial charge is 0.417 e. The van der Waals surface area contributed by atoms with E-state index in [4.69, 9.17) is 4.74 Å². The zero-order valence-electron chi connectivity index (χ0n) is 14.6. The second kappa shape index (κ2) is 7.51. The molecule has 4 heteroatoms. The number of nitrogens with zero attached hydrogens (tertiary/aromatic N) is 1. The lowest BCUT2D eigenvalue weighted by atomic mass is 9.85. The first-order chi connectivity index (χ1) is 12.1. The lowest BCUT2D eigenvalue weighted by Gasteiger charge is -2.28. The van der Waals surface area contributed by atoms with Crippen LogP contribution in [0.15, 0.2) is 60.7 Å². The van der Waals surface area contributed by atoms with Crippen molar-refractivity contribution in [2.24, 2.45) is 11.8 Å². The van der Waals surface area contributed by atoms with E-state index in [1.807, 2.05) is 60.7 Å². The second-order valence-corrected chi connectivity index (χ2v) is 6.77. The number of hydrogen-bond acceptors (Lipinski definition) is 3. The van der Waals surface area contributed by atoms with Gasteiger partial charge in [0.15, 0.2) is 0 Å². The molecule has 3 rings (SSSR count). The molecular weight excluding hydrogens is 314 g/mol. The summed E-state index contributed by atoms with van der Waals surface area (Å²) in [6.45, 7) is 4.34. The van der Waals surface area contributed by atoms with Crippen molar-refractivity contribution in [3.63, 3.8) is 0 Å². The Balaban J connectivity index is 1.81. The van der Waals surface area contributed by atoms with Crippen LogP contribution < -0.4 is 0 Å². The summed E-state index contributed by atoms with van der Waals surface area (Å²) < 4.78 is 5.43. The number of carbonyl (C=O) groups excluding carboxylic acids is 2. The van der Waals surface area contributed by atoms with Crippen molar-refractivity contribution in [1.29, 1.82) is 0 Å². The van der Waals surface area contributed by atoms with Crippen LogP contribution in [0.25, 0.3) is 0 Å². The van der Waals surface area contributed by atoms with Crippen molar-refractivity contribution in [2.45, 2.75) is 32.9 Å². The Hall–Kier alpha value is -2.62. The molecule has 25 heavy (non-hydrogen) atoms. The highest BCUT2D eigenvalue weighted by atomic mass is 16.6. The maximum atomic E-state index is 12.7. The van der Waals surface area contributed by atoms with Crippen LogP contribution in [0, 0.1) is 11.8 Å². The molecule has 0 saturated carbocycles. The van der Waals surface area contributed by atoms with Gasteiger partial charge in [-0.05, 0) is 23.0 Å². The van der Waals surface area contributed by atoms with Gasteiger partial charge in [-0.15, -0.1) is 0 Å². The summed E-state index contributed by atoms with van der Waals surface area (Å²) in [6.07, 6.45) is -0.191. The van der Waals surface area contributed by atoms with Gasteiger partial charge in [0.25, 0.3) is 0 Å². The Labute approximate surface area is 148 Å². The van der Waals surface area contributed by atoms with Gasteiger partial charge < -0.3 is 4.74 Å². The van der Waals surface area contributed by atoms with Crippen LogP contribution in [0.4, 0.5) is 4.79 Å². The number of benzene rings is 2. The van der Waals surface area contributed by atoms with Crippen LogP contribution in [-0.2, 0) is 16.1 Å². The standard InChI is InChI=1S/C21H23NO3/c1-15(2)18-13-19(23)22(20(18)17-11-7-4-8-12-17)21(24)25-14-16-9-5-3-6-10-16/h3-12,15,18,20H,13-14H2,1-2H3/t18-,20+/m1/s1. The molecule has 130 valence electrons. The number of likely N-dealkylation sites (tertiary alicyclic amines) is 1. The van der Waals surface area contributed by atoms with Gasteiger partial charge in [-0.1, -0.05) is 74.5 Å². The lowest BCUT2D eigenvalue weighted by Crippen LogP contribution is -2.36. The molecule has 2 aromatic carbocycles. The first kappa shape index (κ1) is 17.2. The molecule has 0 unspecified atom stereocenters. The summed E-state index contributed by atoms with van der Waals surface area (Å²) in [5.74, 6) is 0.228. The highest BCUT2D eigenvalue weighted by Gasteiger charge is 2.45. The molecular formula is C21H23NO3. The molecule has 4 nitrogen and oxygen atoms in total. The number of carbonyl (C=O) groups is 2. The summed E-state index contributed by atoms with van der Waals surface area (Å²) in [7, 11) is 0. The average molecular weight is 337 g/mol. The van der Waals surface area contributed by atoms with Crippen LogP contribution >= 0.6 is 0 Å². The van der Waals surface area contributed by atoms with E-state index in [1.165, 1.54) is 4.90 Å². The van der Waals surface area contributed by atoms with Gasteiger partial charge in [-0.2, -0.15) is 0 Å². The topological polar surface area (TPSA) is 46.6 Å². The van der Waals surface area contributed by atoms with E-state index in [9.17, 15) is 9.59 Å². The van der Waals surface area contributed by atoms with Gasteiger partial charge in [0, 0.05) is 6.42 Å². The third kappa shape index (κ3) is 3.73. The Morgan fingerprint density at radius 2 is 1.68 bits per heavy atom. The summed E-state index contributed by atoms with van der Waals surface area (Å²) in [4.78, 5) is 26.5. The van der Waals surface area contributed by atoms with Crippen LogP contribution in [0.3, 0.4) is 0 Å². The van der Waals surface area contributed by atoms with Gasteiger partial charge >= 0.3 is 6.09 Å². The molecule has 1 saturated heterocycles. The molecule has 2 amide bonds. The van der Waals surface area contributed by atoms with Gasteiger partial charge in [-0.3, -0.25) is 4.79 Å². The molecule has 1 heterocycles. The van der Waals surface area contributed by atoms with E-state index in [0.717, 1.165) is 11.1 Å². The van der Waals surface area contributed by atoms with Crippen LogP contribution in [0.5, 0.6) is 0 Å². The van der Waals surface area contributed by atoms with Gasteiger partial charge in [0.1, 0.15) is 6.61 Å². The highest BCUT2D eigenvalue weighted by molar-refractivity contribution is 5.94. The fourth-order valence-electron chi connectivity index (χ4n) is 3.41. The molecule has 2 aromatic rings. The first-order valence-electron chi connectivity index (χ1n) is 8.65. The van der Waals surface area contributed by atoms with Crippen molar-refractivity contribution in [3.8, 4) is 0 Å². The number of rotatable bonds is 4. The Morgan fingerprint density at radius 1 is 1.08 bits per heavy atom. The Bertz CT molecular complexity index is 727. The van der Waals surface area contributed by atoms with Crippen molar-refractivity contribution in [2.75, 3.05) is 0 Å². The average Bonchev–Trinajstić information content (AvgIpc) is 2.99. The lowest BCUT2D eigenvalue weighted by molar-refractivity contribution is -0.127. The summed E-state index contributed by atoms with van der Waals surface area (Å²) in [5, 5.41) is 0. The minimum Gasteiger partial charge on any atom is -0.444 e. The minimum absolute atomic E-state index is 0.0965. The molecule has 2 atom stereocenters. The van der Waals surface area contributed by atoms with Crippen molar-refractivity contribution in [3.05, 3.63) is 71.8 Å². The molecule has 0 aromatic heterocycles. The Morgan fingerprint density at radius 3 is 2.28 bits per heavy atom. The molecule has 1 aliphatic rings. The van der Waals surface area contributed by atoms with E-state index in [1.54, 1.807) is 0 Å². The van der Waals surface area contributed by atoms with Crippen LogP contribution in [0.1, 0.15) is 37.4 Å². The predicted octanol–water partition coefficient (Wildman–Crippen LogP) is 4.57. The number of amides is 2. The maximum absolute atomic E-state index is 12.7. The molecule has 1 aliphatic heterocycles. The second-order valence-electron chi connectivity index (χ2n) is 6.77. The fourth-order valence-corrected chi connectivity index (χ4v) is 3.41. The van der Waals surface area contributed by atoms with Crippen molar-refractivity contribution in [1.82, 2.24) is 4.90 Å². The van der Waals surface area contributed by atoms with E-state index in [2.05, 4.69) is 13.8 Å². The SMILES string of the molecule is CC(C)[C@H]1CC(=O)N(C(=O)OCc2ccccc2)[C@H]1c1ccccc1. The first-order valence-corrected chi connectivity index (χ1v) is 8.65. The zero-order valence-corrected chi connectivity index (χ0v) is 14.6. The largest absolute Gasteiger partial charge is 0.444 e. The third-order valence-corrected chi connectivity index (χ3v) is 4.76. The monoisotopic (exact) mass is 337 g/mol. The number of hydrogen-bond donors (Lipinski definition) is 0. The molecule has 1 fully saturated rings. The number of ether oxygens (including phenoxy) is 1. The number of imide groups is 1. The summed E-state index contributed by atoms with van der Waals surface area (Å²) >= 11 is 0. The van der Waals surface area contributed by atoms with Gasteiger partial charge in [0.05, 0.1) is 6.04 Å². The third-order valence-electron chi connectivity index (χ3n) is 4.76. The van der Waals surface area contributed by atoms with Gasteiger partial charge in [0.2, 0.25) is 5.91 Å². The van der Waals surface area contributed by atoms with Crippen molar-refractivity contribution >= 4 is 12.0 Å². The maximum Gasteiger partial charge on any atom is 0.417 e. The molecule has 0 radical (unpaired) electrons. The normalized spacial score (nSPS) is 20.1. The predicted molar refractivity (Wildman–Crippen MR) is 95.6 cm³/mol. The van der Waals surface area contributed by atoms with E-state index >= 15 is 0 Å². The van der Waals surface area contributed by atoms with Crippen molar-refractivity contribution < 1.29 is 14.3 Å². The zero-order chi connectivity index (χ0) is 17.8. The fraction of sp³-hybridized carbons (Fsp3) is 0.333. The summed E-state index contributed by atoms with van der Waals surface area (Å²) in [6, 6.07) is 19.0. The molecule has 0 spiro atoms. The molecule has 0 aliphatic carbocycles. The molecule has 0 N–H and O–H groups in total. The van der Waals surface area contributed by atoms with Crippen LogP contribution in [-0.4, -0.2) is 16.9 Å². The van der Waals surface area contributed by atoms with Gasteiger partial charge in [-0.25, -0.2) is 9.69 Å². The molecule has 0 bridgehead atoms. The quantitative estimate of drug-likeness (QED) is 0.821. The highest BCUT2D eigenvalue weighted by Crippen LogP contribution is 2.42. The van der Waals surface area contributed by atoms with E-state index in [0.29, 0.717) is 12.3 Å². The van der Waals surface area contributed by atoms with Crippen LogP contribution in [0.2, 0.25) is 0 Å². The van der Waals surface area contributed by atoms with E-state index < -0.39 is 6.09 Å². The Kier molecular flexibility index (Phi) is 5.17. The minimum atomic E-state index is -0.564.